The van der Waals surface area contributed by atoms with E-state index in [2.05, 4.69) is 55.7 Å². The molecule has 1 heterocycles. The van der Waals surface area contributed by atoms with Crippen LogP contribution in [-0.4, -0.2) is 48.9 Å². The van der Waals surface area contributed by atoms with Crippen LogP contribution < -0.4 is 16.4 Å². The smallest absolute Gasteiger partial charge is 0.239 e. The number of hydrogen-bond acceptors (Lipinski definition) is 4. The molecule has 0 spiro atoms. The van der Waals surface area contributed by atoms with Crippen molar-refractivity contribution in [1.82, 2.24) is 15.5 Å². The number of nitrogens with zero attached hydrogens (tertiary/aromatic N) is 1. The summed E-state index contributed by atoms with van der Waals surface area (Å²) in [5.74, 6) is -0.470. The van der Waals surface area contributed by atoms with E-state index in [1.165, 1.54) is 5.56 Å². The number of amides is 2. The third-order valence-corrected chi connectivity index (χ3v) is 4.43. The maximum absolute atomic E-state index is 11.8. The van der Waals surface area contributed by atoms with E-state index in [1.807, 2.05) is 0 Å². The van der Waals surface area contributed by atoms with E-state index in [9.17, 15) is 9.59 Å². The van der Waals surface area contributed by atoms with Gasteiger partial charge >= 0.3 is 0 Å². The molecule has 4 N–H and O–H groups in total. The first kappa shape index (κ1) is 17.9. The average Bonchev–Trinajstić information content (AvgIpc) is 2.56. The molecule has 7 heteroatoms. The largest absolute Gasteiger partial charge is 0.352 e. The average molecular weight is 383 g/mol. The second kappa shape index (κ2) is 9.00. The highest BCUT2D eigenvalue weighted by molar-refractivity contribution is 9.10. The van der Waals surface area contributed by atoms with E-state index in [1.54, 1.807) is 0 Å². The van der Waals surface area contributed by atoms with E-state index in [4.69, 9.17) is 5.73 Å². The van der Waals surface area contributed by atoms with Crippen molar-refractivity contribution in [2.75, 3.05) is 26.2 Å². The summed E-state index contributed by atoms with van der Waals surface area (Å²) in [5, 5.41) is 5.44. The number of likely N-dealkylation sites (tertiary alicyclic amines) is 1. The monoisotopic (exact) mass is 382 g/mol. The van der Waals surface area contributed by atoms with Crippen LogP contribution in [-0.2, 0) is 16.1 Å². The lowest BCUT2D eigenvalue weighted by Gasteiger charge is -2.32. The first-order valence-corrected chi connectivity index (χ1v) is 8.59. The predicted molar refractivity (Wildman–Crippen MR) is 92.6 cm³/mol. The predicted octanol–water partition coefficient (Wildman–Crippen LogP) is 0.605. The van der Waals surface area contributed by atoms with Gasteiger partial charge in [0.1, 0.15) is 0 Å². The summed E-state index contributed by atoms with van der Waals surface area (Å²) in [4.78, 5) is 25.2. The van der Waals surface area contributed by atoms with Gasteiger partial charge in [-0.2, -0.15) is 0 Å². The summed E-state index contributed by atoms with van der Waals surface area (Å²) in [7, 11) is 0. The van der Waals surface area contributed by atoms with Crippen LogP contribution in [0.4, 0.5) is 0 Å². The number of halogens is 1. The lowest BCUT2D eigenvalue weighted by molar-refractivity contribution is -0.125. The molecule has 0 unspecified atom stereocenters. The van der Waals surface area contributed by atoms with Gasteiger partial charge < -0.3 is 16.4 Å². The maximum Gasteiger partial charge on any atom is 0.239 e. The van der Waals surface area contributed by atoms with Gasteiger partial charge in [0.05, 0.1) is 13.1 Å². The lowest BCUT2D eigenvalue weighted by Crippen LogP contribution is -2.47. The van der Waals surface area contributed by atoms with Crippen molar-refractivity contribution in [3.63, 3.8) is 0 Å². The van der Waals surface area contributed by atoms with Gasteiger partial charge in [0.25, 0.3) is 0 Å². The van der Waals surface area contributed by atoms with E-state index in [0.717, 1.165) is 36.9 Å². The van der Waals surface area contributed by atoms with Crippen LogP contribution in [0.15, 0.2) is 28.7 Å². The van der Waals surface area contributed by atoms with Gasteiger partial charge in [-0.1, -0.05) is 28.1 Å². The molecular weight excluding hydrogens is 360 g/mol. The normalized spacial score (nSPS) is 16.1. The Morgan fingerprint density at radius 3 is 2.43 bits per heavy atom. The number of nitrogens with two attached hydrogens (primary N) is 1. The Labute approximate surface area is 144 Å². The maximum atomic E-state index is 11.8. The van der Waals surface area contributed by atoms with E-state index >= 15 is 0 Å². The molecule has 0 atom stereocenters. The van der Waals surface area contributed by atoms with Crippen LogP contribution in [0, 0.1) is 0 Å². The Morgan fingerprint density at radius 2 is 1.83 bits per heavy atom. The molecule has 23 heavy (non-hydrogen) atoms. The summed E-state index contributed by atoms with van der Waals surface area (Å²) >= 11 is 3.44. The van der Waals surface area contributed by atoms with Gasteiger partial charge in [-0.25, -0.2) is 0 Å². The van der Waals surface area contributed by atoms with Gasteiger partial charge in [-0.15, -0.1) is 0 Å². The molecule has 2 rings (SSSR count). The van der Waals surface area contributed by atoms with Gasteiger partial charge in [0, 0.05) is 30.1 Å². The van der Waals surface area contributed by atoms with Crippen molar-refractivity contribution in [3.05, 3.63) is 34.3 Å². The van der Waals surface area contributed by atoms with E-state index in [0.29, 0.717) is 0 Å². The first-order valence-electron chi connectivity index (χ1n) is 7.79. The van der Waals surface area contributed by atoms with E-state index < -0.39 is 0 Å². The molecule has 1 aromatic carbocycles. The Hall–Kier alpha value is -1.44. The molecular formula is C16H23BrN4O2. The van der Waals surface area contributed by atoms with Crippen LogP contribution in [0.5, 0.6) is 0 Å². The Balaban J connectivity index is 1.68. The number of benzene rings is 1. The molecule has 1 aliphatic heterocycles. The van der Waals surface area contributed by atoms with Gasteiger partial charge in [0.15, 0.2) is 0 Å². The summed E-state index contributed by atoms with van der Waals surface area (Å²) in [6, 6.07) is 8.53. The fourth-order valence-electron chi connectivity index (χ4n) is 2.61. The molecule has 1 fully saturated rings. The molecule has 1 aromatic rings. The van der Waals surface area contributed by atoms with Crippen LogP contribution in [0.1, 0.15) is 18.4 Å². The minimum Gasteiger partial charge on any atom is -0.352 e. The summed E-state index contributed by atoms with van der Waals surface area (Å²) in [6.07, 6.45) is 1.85. The minimum atomic E-state index is -0.315. The van der Waals surface area contributed by atoms with Crippen LogP contribution in [0.2, 0.25) is 0 Å². The number of piperidine rings is 1. The van der Waals surface area contributed by atoms with Crippen molar-refractivity contribution >= 4 is 27.7 Å². The molecule has 0 aliphatic carbocycles. The summed E-state index contributed by atoms with van der Waals surface area (Å²) in [6.45, 7) is 2.74. The third kappa shape index (κ3) is 6.29. The van der Waals surface area contributed by atoms with Crippen molar-refractivity contribution in [3.8, 4) is 0 Å². The van der Waals surface area contributed by atoms with E-state index in [-0.39, 0.29) is 30.9 Å². The van der Waals surface area contributed by atoms with Crippen LogP contribution in [0.25, 0.3) is 0 Å². The zero-order valence-electron chi connectivity index (χ0n) is 13.1. The third-order valence-electron chi connectivity index (χ3n) is 3.90. The molecule has 126 valence electrons. The highest BCUT2D eigenvalue weighted by Gasteiger charge is 2.20. The van der Waals surface area contributed by atoms with Crippen molar-refractivity contribution < 1.29 is 9.59 Å². The fourth-order valence-corrected chi connectivity index (χ4v) is 2.88. The van der Waals surface area contributed by atoms with Gasteiger partial charge in [0.2, 0.25) is 11.8 Å². The first-order chi connectivity index (χ1) is 11.1. The fraction of sp³-hybridized carbons (Fsp3) is 0.500. The number of carbonyl (C=O) groups excluding carboxylic acids is 2. The highest BCUT2D eigenvalue weighted by Crippen LogP contribution is 2.16. The summed E-state index contributed by atoms with van der Waals surface area (Å²) in [5.41, 5.74) is 6.47. The van der Waals surface area contributed by atoms with Crippen molar-refractivity contribution in [1.29, 1.82) is 0 Å². The second-order valence-electron chi connectivity index (χ2n) is 5.73. The molecule has 2 amide bonds. The minimum absolute atomic E-state index is 0.00482. The number of carbonyl (C=O) groups is 2. The summed E-state index contributed by atoms with van der Waals surface area (Å²) < 4.78 is 1.09. The van der Waals surface area contributed by atoms with Crippen LogP contribution >= 0.6 is 15.9 Å². The van der Waals surface area contributed by atoms with Gasteiger partial charge in [-0.3, -0.25) is 14.5 Å². The Morgan fingerprint density at radius 1 is 1.17 bits per heavy atom. The van der Waals surface area contributed by atoms with Crippen molar-refractivity contribution in [2.24, 2.45) is 5.73 Å². The molecule has 6 nitrogen and oxygen atoms in total. The zero-order chi connectivity index (χ0) is 16.7. The van der Waals surface area contributed by atoms with Gasteiger partial charge in [-0.05, 0) is 30.5 Å². The molecule has 0 aromatic heterocycles. The standard InChI is InChI=1S/C16H23BrN4O2/c17-13-3-1-12(2-4-13)11-21-7-5-14(6-8-21)20-16(23)10-19-15(22)9-18/h1-4,14H,5-11,18H2,(H,19,22)(H,20,23). The molecule has 0 saturated carbocycles. The zero-order valence-corrected chi connectivity index (χ0v) is 14.6. The van der Waals surface area contributed by atoms with Crippen LogP contribution in [0.3, 0.4) is 0 Å². The second-order valence-corrected chi connectivity index (χ2v) is 6.64. The van der Waals surface area contributed by atoms with Crippen molar-refractivity contribution in [2.45, 2.75) is 25.4 Å². The SMILES string of the molecule is NCC(=O)NCC(=O)NC1CCN(Cc2ccc(Br)cc2)CC1. The quantitative estimate of drug-likeness (QED) is 0.672. The topological polar surface area (TPSA) is 87.5 Å². The molecule has 0 bridgehead atoms. The number of nitrogens with one attached hydrogen (secondary N) is 2. The number of hydrogen-bond donors (Lipinski definition) is 3. The number of rotatable bonds is 6. The highest BCUT2D eigenvalue weighted by atomic mass is 79.9. The Kier molecular flexibility index (Phi) is 7.01. The molecule has 0 radical (unpaired) electrons. The lowest BCUT2D eigenvalue weighted by atomic mass is 10.0. The Bertz CT molecular complexity index is 527. The molecule has 1 aliphatic rings. The molecule has 1 saturated heterocycles.